The molecule has 1 aromatic heterocycles. The van der Waals surface area contributed by atoms with Gasteiger partial charge < -0.3 is 5.73 Å². The molecule has 3 N–H and O–H groups in total. The number of halogens is 2. The second-order valence-corrected chi connectivity index (χ2v) is 8.15. The van der Waals surface area contributed by atoms with Gasteiger partial charge in [0.2, 0.25) is 10.0 Å². The molecule has 26 heavy (non-hydrogen) atoms. The third kappa shape index (κ3) is 4.62. The Balaban J connectivity index is 0.00000243. The molecule has 0 spiro atoms. The molecule has 1 atom stereocenters. The van der Waals surface area contributed by atoms with E-state index in [2.05, 4.69) is 9.82 Å². The minimum atomic E-state index is -3.76. The maximum Gasteiger partial charge on any atom is 0.244 e. The van der Waals surface area contributed by atoms with Crippen LogP contribution in [0.25, 0.3) is 5.69 Å². The number of hydrogen-bond acceptors (Lipinski definition) is 4. The van der Waals surface area contributed by atoms with Gasteiger partial charge >= 0.3 is 0 Å². The molecule has 1 saturated carbocycles. The summed E-state index contributed by atoms with van der Waals surface area (Å²) in [4.78, 5) is 0.00464. The van der Waals surface area contributed by atoms with Crippen LogP contribution in [-0.4, -0.2) is 30.8 Å². The first kappa shape index (κ1) is 20.8. The fraction of sp³-hybridized carbons (Fsp3) is 0.471. The molecule has 1 heterocycles. The van der Waals surface area contributed by atoms with Gasteiger partial charge in [0, 0.05) is 12.6 Å². The van der Waals surface area contributed by atoms with Gasteiger partial charge in [0.1, 0.15) is 16.4 Å². The van der Waals surface area contributed by atoms with Crippen molar-refractivity contribution in [1.82, 2.24) is 14.5 Å². The lowest BCUT2D eigenvalue weighted by molar-refractivity contribution is 0.294. The average molecular weight is 403 g/mol. The van der Waals surface area contributed by atoms with Gasteiger partial charge in [0.15, 0.2) is 0 Å². The second kappa shape index (κ2) is 8.94. The Morgan fingerprint density at radius 3 is 2.62 bits per heavy atom. The highest BCUT2D eigenvalue weighted by Crippen LogP contribution is 2.27. The molecule has 6 nitrogen and oxygen atoms in total. The largest absolute Gasteiger partial charge is 0.329 e. The topological polar surface area (TPSA) is 90.0 Å². The van der Waals surface area contributed by atoms with Gasteiger partial charge in [-0.2, -0.15) is 5.10 Å². The van der Waals surface area contributed by atoms with Crippen LogP contribution in [0, 0.1) is 11.7 Å². The average Bonchev–Trinajstić information content (AvgIpc) is 3.12. The summed E-state index contributed by atoms with van der Waals surface area (Å²) in [6.07, 6.45) is 7.91. The maximum atomic E-state index is 13.8. The van der Waals surface area contributed by atoms with Gasteiger partial charge in [0.05, 0.1) is 12.4 Å². The maximum absolute atomic E-state index is 13.8. The van der Waals surface area contributed by atoms with Crippen molar-refractivity contribution in [2.45, 2.75) is 43.0 Å². The quantitative estimate of drug-likeness (QED) is 0.777. The number of para-hydroxylation sites is 1. The fourth-order valence-corrected chi connectivity index (χ4v) is 4.60. The standard InChI is InChI=1S/C17H23FN4O2S.ClH/c18-15-8-4-5-9-17(15)22-12-14(11-20-22)25(23,24)21-16(10-19)13-6-2-1-3-7-13;/h4-5,8-9,11-13,16,21H,1-3,6-7,10,19H2;1H. The number of benzene rings is 1. The summed E-state index contributed by atoms with van der Waals surface area (Å²) >= 11 is 0. The lowest BCUT2D eigenvalue weighted by Gasteiger charge is -2.29. The van der Waals surface area contributed by atoms with Crippen LogP contribution in [0.1, 0.15) is 32.1 Å². The van der Waals surface area contributed by atoms with Crippen molar-refractivity contribution in [2.24, 2.45) is 11.7 Å². The lowest BCUT2D eigenvalue weighted by Crippen LogP contribution is -2.45. The van der Waals surface area contributed by atoms with Crippen LogP contribution in [0.5, 0.6) is 0 Å². The summed E-state index contributed by atoms with van der Waals surface area (Å²) in [6.45, 7) is 0.255. The Morgan fingerprint density at radius 1 is 1.27 bits per heavy atom. The third-order valence-corrected chi connectivity index (χ3v) is 6.19. The first-order valence-electron chi connectivity index (χ1n) is 8.53. The van der Waals surface area contributed by atoms with E-state index in [0.29, 0.717) is 0 Å². The molecule has 0 aliphatic heterocycles. The van der Waals surface area contributed by atoms with E-state index in [-0.39, 0.29) is 41.5 Å². The normalized spacial score (nSPS) is 16.8. The van der Waals surface area contributed by atoms with E-state index < -0.39 is 15.8 Å². The Labute approximate surface area is 159 Å². The van der Waals surface area contributed by atoms with Crippen molar-refractivity contribution in [3.05, 3.63) is 42.5 Å². The molecule has 3 rings (SSSR count). The zero-order valence-electron chi connectivity index (χ0n) is 14.3. The van der Waals surface area contributed by atoms with Crippen molar-refractivity contribution in [2.75, 3.05) is 6.54 Å². The Kier molecular flexibility index (Phi) is 7.16. The van der Waals surface area contributed by atoms with Crippen LogP contribution < -0.4 is 10.5 Å². The van der Waals surface area contributed by atoms with E-state index in [9.17, 15) is 12.8 Å². The van der Waals surface area contributed by atoms with E-state index in [0.717, 1.165) is 25.7 Å². The summed E-state index contributed by atoms with van der Waals surface area (Å²) in [5.41, 5.74) is 6.01. The Hall–Kier alpha value is -1.48. The van der Waals surface area contributed by atoms with Gasteiger partial charge in [-0.25, -0.2) is 22.2 Å². The predicted molar refractivity (Wildman–Crippen MR) is 101 cm³/mol. The first-order valence-corrected chi connectivity index (χ1v) is 10.0. The molecule has 1 fully saturated rings. The molecule has 1 aromatic carbocycles. The Morgan fingerprint density at radius 2 is 1.96 bits per heavy atom. The van der Waals surface area contributed by atoms with Crippen molar-refractivity contribution in [3.63, 3.8) is 0 Å². The Bertz CT molecular complexity index is 822. The van der Waals surface area contributed by atoms with Crippen molar-refractivity contribution >= 4 is 22.4 Å². The number of sulfonamides is 1. The second-order valence-electron chi connectivity index (χ2n) is 6.43. The van der Waals surface area contributed by atoms with Crippen LogP contribution in [0.3, 0.4) is 0 Å². The van der Waals surface area contributed by atoms with E-state index in [4.69, 9.17) is 5.73 Å². The summed E-state index contributed by atoms with van der Waals surface area (Å²) in [7, 11) is -3.76. The monoisotopic (exact) mass is 402 g/mol. The SMILES string of the molecule is Cl.NCC(NS(=O)(=O)c1cnn(-c2ccccc2F)c1)C1CCCCC1. The molecule has 9 heteroatoms. The minimum Gasteiger partial charge on any atom is -0.329 e. The molecular weight excluding hydrogens is 379 g/mol. The third-order valence-electron chi connectivity index (χ3n) is 4.75. The van der Waals surface area contributed by atoms with Gasteiger partial charge in [0.25, 0.3) is 0 Å². The number of nitrogens with one attached hydrogen (secondary N) is 1. The zero-order valence-corrected chi connectivity index (χ0v) is 16.0. The highest BCUT2D eigenvalue weighted by molar-refractivity contribution is 7.89. The summed E-state index contributed by atoms with van der Waals surface area (Å²) in [5, 5.41) is 3.99. The van der Waals surface area contributed by atoms with Gasteiger partial charge in [-0.1, -0.05) is 31.4 Å². The lowest BCUT2D eigenvalue weighted by atomic mass is 9.84. The summed E-state index contributed by atoms with van der Waals surface area (Å²) in [5.74, 6) is -0.209. The number of hydrogen-bond donors (Lipinski definition) is 2. The van der Waals surface area contributed by atoms with Crippen molar-refractivity contribution in [1.29, 1.82) is 0 Å². The van der Waals surface area contributed by atoms with Gasteiger partial charge in [-0.15, -0.1) is 12.4 Å². The number of nitrogens with two attached hydrogens (primary N) is 1. The van der Waals surface area contributed by atoms with Crippen molar-refractivity contribution < 1.29 is 12.8 Å². The molecule has 1 aliphatic carbocycles. The van der Waals surface area contributed by atoms with Crippen molar-refractivity contribution in [3.8, 4) is 5.69 Å². The molecule has 2 aromatic rings. The van der Waals surface area contributed by atoms with Crippen LogP contribution in [0.2, 0.25) is 0 Å². The molecule has 0 bridgehead atoms. The minimum absolute atomic E-state index is 0. The van der Waals surface area contributed by atoms with E-state index in [1.54, 1.807) is 12.1 Å². The predicted octanol–water partition coefficient (Wildman–Crippen LogP) is 2.62. The molecule has 1 unspecified atom stereocenters. The molecular formula is C17H24ClFN4O2S. The zero-order chi connectivity index (χ0) is 17.9. The van der Waals surface area contributed by atoms with Crippen LogP contribution in [0.4, 0.5) is 4.39 Å². The molecule has 144 valence electrons. The van der Waals surface area contributed by atoms with Gasteiger partial charge in [-0.3, -0.25) is 0 Å². The van der Waals surface area contributed by atoms with E-state index in [1.807, 2.05) is 0 Å². The molecule has 0 amide bonds. The molecule has 0 radical (unpaired) electrons. The summed E-state index contributed by atoms with van der Waals surface area (Å²) in [6, 6.07) is 5.79. The van der Waals surface area contributed by atoms with E-state index >= 15 is 0 Å². The molecule has 1 aliphatic rings. The first-order chi connectivity index (χ1) is 12.0. The summed E-state index contributed by atoms with van der Waals surface area (Å²) < 4.78 is 43.1. The number of nitrogens with zero attached hydrogens (tertiary/aromatic N) is 2. The number of aromatic nitrogens is 2. The van der Waals surface area contributed by atoms with Crippen LogP contribution >= 0.6 is 12.4 Å². The highest BCUT2D eigenvalue weighted by atomic mass is 35.5. The van der Waals surface area contributed by atoms with Gasteiger partial charge in [-0.05, 0) is 30.9 Å². The smallest absolute Gasteiger partial charge is 0.244 e. The highest BCUT2D eigenvalue weighted by Gasteiger charge is 2.28. The molecule has 0 saturated heterocycles. The number of rotatable bonds is 6. The van der Waals surface area contributed by atoms with E-state index in [1.165, 1.54) is 35.6 Å². The van der Waals surface area contributed by atoms with Crippen LogP contribution in [0.15, 0.2) is 41.6 Å². The van der Waals surface area contributed by atoms with Crippen LogP contribution in [-0.2, 0) is 10.0 Å². The fourth-order valence-electron chi connectivity index (χ4n) is 3.35.